The van der Waals surface area contributed by atoms with Gasteiger partial charge >= 0.3 is 6.03 Å². The lowest BCUT2D eigenvalue weighted by Gasteiger charge is -2.38. The fraction of sp³-hybridized carbons (Fsp3) is 0.333. The molecule has 1 spiro atoms. The van der Waals surface area contributed by atoms with Crippen molar-refractivity contribution in [1.82, 2.24) is 20.4 Å². The first-order valence-electron chi connectivity index (χ1n) is 11.3. The van der Waals surface area contributed by atoms with Crippen molar-refractivity contribution in [2.24, 2.45) is 0 Å². The van der Waals surface area contributed by atoms with Crippen LogP contribution in [0.5, 0.6) is 0 Å². The molecule has 174 valence electrons. The summed E-state index contributed by atoms with van der Waals surface area (Å²) in [7, 11) is 0. The fourth-order valence-electron chi connectivity index (χ4n) is 5.62. The van der Waals surface area contributed by atoms with Crippen molar-refractivity contribution in [3.8, 4) is 0 Å². The van der Waals surface area contributed by atoms with Crippen LogP contribution in [0.15, 0.2) is 41.2 Å². The third-order valence-corrected chi connectivity index (χ3v) is 7.20. The number of anilines is 1. The van der Waals surface area contributed by atoms with E-state index in [-0.39, 0.29) is 17.0 Å². The first-order valence-corrected chi connectivity index (χ1v) is 11.3. The molecule has 2 aliphatic heterocycles. The molecule has 3 heterocycles. The maximum atomic E-state index is 14.4. The van der Waals surface area contributed by atoms with Crippen molar-refractivity contribution >= 4 is 28.4 Å². The lowest BCUT2D eigenvalue weighted by Crippen LogP contribution is -2.49. The topological polar surface area (TPSA) is 107 Å². The third kappa shape index (κ3) is 2.94. The zero-order chi connectivity index (χ0) is 23.6. The number of benzene rings is 2. The Hall–Kier alpha value is -3.82. The predicted octanol–water partition coefficient (Wildman–Crippen LogP) is 3.66. The van der Waals surface area contributed by atoms with Crippen LogP contribution in [0.2, 0.25) is 0 Å². The highest BCUT2D eigenvalue weighted by molar-refractivity contribution is 6.08. The number of imide groups is 1. The average Bonchev–Trinajstić information content (AvgIpc) is 3.05. The highest BCUT2D eigenvalue weighted by Gasteiger charge is 2.56. The Bertz CT molecular complexity index is 1400. The Kier molecular flexibility index (Phi) is 4.48. The summed E-state index contributed by atoms with van der Waals surface area (Å²) in [6, 6.07) is 5.75. The monoisotopic (exact) mass is 465 g/mol. The molecule has 3 aromatic rings. The summed E-state index contributed by atoms with van der Waals surface area (Å²) in [4.78, 5) is 40.7. The summed E-state index contributed by atoms with van der Waals surface area (Å²) in [5.41, 5.74) is -0.385. The van der Waals surface area contributed by atoms with Crippen LogP contribution >= 0.6 is 0 Å². The quantitative estimate of drug-likeness (QED) is 0.501. The highest BCUT2D eigenvalue weighted by atomic mass is 19.1. The van der Waals surface area contributed by atoms with Crippen LogP contribution in [0.3, 0.4) is 0 Å². The maximum absolute atomic E-state index is 14.4. The molecule has 1 aliphatic carbocycles. The largest absolute Gasteiger partial charge is 0.375 e. The van der Waals surface area contributed by atoms with E-state index in [1.165, 1.54) is 23.1 Å². The molecule has 8 nitrogen and oxygen atoms in total. The molecule has 0 bridgehead atoms. The molecule has 0 radical (unpaired) electrons. The molecule has 3 aliphatic rings. The Morgan fingerprint density at radius 1 is 0.971 bits per heavy atom. The first-order chi connectivity index (χ1) is 16.4. The number of nitrogens with one attached hydrogen (secondary N) is 3. The fourth-order valence-corrected chi connectivity index (χ4v) is 5.62. The third-order valence-electron chi connectivity index (χ3n) is 7.20. The van der Waals surface area contributed by atoms with Crippen molar-refractivity contribution in [3.05, 3.63) is 69.6 Å². The van der Waals surface area contributed by atoms with Gasteiger partial charge in [0.2, 0.25) is 0 Å². The van der Waals surface area contributed by atoms with Crippen molar-refractivity contribution in [1.29, 1.82) is 0 Å². The number of halogens is 2. The summed E-state index contributed by atoms with van der Waals surface area (Å²) >= 11 is 0. The second-order valence-corrected chi connectivity index (χ2v) is 9.18. The predicted molar refractivity (Wildman–Crippen MR) is 119 cm³/mol. The molecule has 1 saturated heterocycles. The molecule has 1 aromatic heterocycles. The van der Waals surface area contributed by atoms with Gasteiger partial charge in [-0.05, 0) is 42.7 Å². The molecule has 3 amide bonds. The first kappa shape index (κ1) is 20.8. The molecule has 10 heteroatoms. The number of carbonyl (C=O) groups is 2. The molecule has 6 rings (SSSR count). The summed E-state index contributed by atoms with van der Waals surface area (Å²) in [5, 5.41) is 13.1. The van der Waals surface area contributed by atoms with Gasteiger partial charge in [0, 0.05) is 11.1 Å². The minimum absolute atomic E-state index is 0.0643. The molecule has 2 aromatic carbocycles. The number of hydrogen-bond donors (Lipinski definition) is 3. The number of aromatic amines is 1. The molecular weight excluding hydrogens is 444 g/mol. The number of aromatic nitrogens is 2. The van der Waals surface area contributed by atoms with E-state index >= 15 is 0 Å². The Morgan fingerprint density at radius 2 is 1.71 bits per heavy atom. The lowest BCUT2D eigenvalue weighted by molar-refractivity contribution is -0.134. The van der Waals surface area contributed by atoms with Gasteiger partial charge in [-0.15, -0.1) is 0 Å². The normalized spacial score (nSPS) is 23.3. The van der Waals surface area contributed by atoms with Crippen LogP contribution in [-0.2, 0) is 4.79 Å². The summed E-state index contributed by atoms with van der Waals surface area (Å²) in [6.45, 7) is 0. The summed E-state index contributed by atoms with van der Waals surface area (Å²) < 4.78 is 28.1. The Balaban J connectivity index is 1.57. The van der Waals surface area contributed by atoms with Crippen molar-refractivity contribution < 1.29 is 18.4 Å². The maximum Gasteiger partial charge on any atom is 0.325 e. The van der Waals surface area contributed by atoms with Crippen LogP contribution in [0.4, 0.5) is 19.3 Å². The van der Waals surface area contributed by atoms with E-state index in [9.17, 15) is 23.2 Å². The van der Waals surface area contributed by atoms with E-state index in [4.69, 9.17) is 0 Å². The van der Waals surface area contributed by atoms with E-state index in [1.54, 1.807) is 12.1 Å². The number of amides is 3. The van der Waals surface area contributed by atoms with E-state index in [0.717, 1.165) is 25.3 Å². The number of urea groups is 1. The SMILES string of the molecule is O=C1NC2(CCCCC2)C(=O)N1C1c2n[nH]c(=O)c3cc(F)cc(c23)NC1c1ccc(F)cc1. The minimum Gasteiger partial charge on any atom is -0.375 e. The molecule has 2 fully saturated rings. The van der Waals surface area contributed by atoms with E-state index < -0.39 is 40.8 Å². The van der Waals surface area contributed by atoms with Crippen LogP contribution < -0.4 is 16.2 Å². The van der Waals surface area contributed by atoms with Gasteiger partial charge < -0.3 is 10.6 Å². The van der Waals surface area contributed by atoms with Gasteiger partial charge in [0.1, 0.15) is 23.2 Å². The van der Waals surface area contributed by atoms with Crippen LogP contribution in [0.25, 0.3) is 10.8 Å². The second-order valence-electron chi connectivity index (χ2n) is 9.18. The molecule has 34 heavy (non-hydrogen) atoms. The molecule has 2 unspecified atom stereocenters. The van der Waals surface area contributed by atoms with Gasteiger partial charge in [-0.2, -0.15) is 5.10 Å². The smallest absolute Gasteiger partial charge is 0.325 e. The number of hydrogen-bond acceptors (Lipinski definition) is 5. The van der Waals surface area contributed by atoms with E-state index in [0.29, 0.717) is 29.5 Å². The summed E-state index contributed by atoms with van der Waals surface area (Å²) in [6.07, 6.45) is 3.74. The number of rotatable bonds is 2. The number of nitrogens with zero attached hydrogens (tertiary/aromatic N) is 2. The zero-order valence-corrected chi connectivity index (χ0v) is 18.0. The molecule has 2 atom stereocenters. The minimum atomic E-state index is -0.965. The summed E-state index contributed by atoms with van der Waals surface area (Å²) in [5.74, 6) is -1.41. The molecular formula is C24H21F2N5O3. The second kappa shape index (κ2) is 7.34. The molecule has 1 saturated carbocycles. The van der Waals surface area contributed by atoms with Crippen molar-refractivity contribution in [2.45, 2.75) is 49.7 Å². The lowest BCUT2D eigenvalue weighted by atomic mass is 9.81. The molecule has 3 N–H and O–H groups in total. The van der Waals surface area contributed by atoms with Gasteiger partial charge in [0.15, 0.2) is 0 Å². The number of H-pyrrole nitrogens is 1. The van der Waals surface area contributed by atoms with Gasteiger partial charge in [0.05, 0.1) is 17.1 Å². The van der Waals surface area contributed by atoms with Crippen molar-refractivity contribution in [2.75, 3.05) is 5.32 Å². The van der Waals surface area contributed by atoms with Crippen LogP contribution in [0, 0.1) is 11.6 Å². The average molecular weight is 465 g/mol. The van der Waals surface area contributed by atoms with Crippen LogP contribution in [0.1, 0.15) is 55.4 Å². The highest BCUT2D eigenvalue weighted by Crippen LogP contribution is 2.48. The van der Waals surface area contributed by atoms with E-state index in [1.807, 2.05) is 0 Å². The van der Waals surface area contributed by atoms with Gasteiger partial charge in [-0.25, -0.2) is 18.7 Å². The van der Waals surface area contributed by atoms with Gasteiger partial charge in [0.25, 0.3) is 11.5 Å². The van der Waals surface area contributed by atoms with Gasteiger partial charge in [-0.3, -0.25) is 14.5 Å². The van der Waals surface area contributed by atoms with Crippen molar-refractivity contribution in [3.63, 3.8) is 0 Å². The van der Waals surface area contributed by atoms with E-state index in [2.05, 4.69) is 20.8 Å². The van der Waals surface area contributed by atoms with Gasteiger partial charge in [-0.1, -0.05) is 31.4 Å². The standard InChI is InChI=1S/C24H21F2N5O3/c25-13-6-4-12(5-7-13)18-20(31-22(33)24(28-23(31)34)8-2-1-3-9-24)19-17-15(21(32)30-29-19)10-14(26)11-16(17)27-18/h4-7,10-11,18,20,27H,1-3,8-9H2,(H,28,34)(H,30,32). The Morgan fingerprint density at radius 3 is 2.44 bits per heavy atom. The van der Waals surface area contributed by atoms with Crippen LogP contribution in [-0.4, -0.2) is 32.6 Å². The number of carbonyl (C=O) groups excluding carboxylic acids is 2. The zero-order valence-electron chi connectivity index (χ0n) is 18.0. The Labute approximate surface area is 192 Å².